The zero-order valence-corrected chi connectivity index (χ0v) is 24.6. The lowest BCUT2D eigenvalue weighted by atomic mass is 9.73. The maximum absolute atomic E-state index is 4.11. The quantitative estimate of drug-likeness (QED) is 0.272. The fourth-order valence-electron chi connectivity index (χ4n) is 5.95. The Morgan fingerprint density at radius 2 is 1.38 bits per heavy atom. The van der Waals surface area contributed by atoms with Gasteiger partial charge in [0.25, 0.3) is 0 Å². The Morgan fingerprint density at radius 1 is 0.690 bits per heavy atom. The van der Waals surface area contributed by atoms with E-state index in [-0.39, 0.29) is 11.8 Å². The van der Waals surface area contributed by atoms with E-state index in [1.807, 2.05) is 18.2 Å². The molecule has 0 amide bonds. The summed E-state index contributed by atoms with van der Waals surface area (Å²) >= 11 is 0. The molecule has 0 radical (unpaired) electrons. The first-order valence-corrected chi connectivity index (χ1v) is 14.6. The molecule has 0 spiro atoms. The Balaban J connectivity index is 1.74. The first-order valence-electron chi connectivity index (χ1n) is 14.6. The van der Waals surface area contributed by atoms with Gasteiger partial charge in [-0.1, -0.05) is 153 Å². The molecule has 3 aromatic rings. The molecule has 2 unspecified atom stereocenters. The van der Waals surface area contributed by atoms with E-state index in [1.54, 1.807) is 0 Å². The van der Waals surface area contributed by atoms with E-state index in [4.69, 9.17) is 0 Å². The third kappa shape index (κ3) is 6.19. The molecule has 0 saturated heterocycles. The number of fused-ring (bicyclic) bond motifs is 1. The van der Waals surface area contributed by atoms with Gasteiger partial charge in [-0.25, -0.2) is 0 Å². The summed E-state index contributed by atoms with van der Waals surface area (Å²) in [7, 11) is 0. The van der Waals surface area contributed by atoms with Crippen molar-refractivity contribution in [1.82, 2.24) is 0 Å². The largest absolute Gasteiger partial charge is 0.0990 e. The second-order valence-electron chi connectivity index (χ2n) is 10.6. The normalized spacial score (nSPS) is 23.5. The molecule has 2 aliphatic rings. The van der Waals surface area contributed by atoms with Crippen LogP contribution in [0.2, 0.25) is 0 Å². The molecule has 206 valence electrons. The summed E-state index contributed by atoms with van der Waals surface area (Å²) in [6, 6.07) is 26.2. The summed E-state index contributed by atoms with van der Waals surface area (Å²) in [5, 5.41) is 2.53. The predicted octanol–water partition coefficient (Wildman–Crippen LogP) is 9.57. The molecule has 0 aliphatic heterocycles. The molecule has 2 atom stereocenters. The van der Waals surface area contributed by atoms with Gasteiger partial charge in [-0.3, -0.25) is 0 Å². The SMILES string of the molecule is C=C/C=C(\C=C)c1cc(\C2=C/C=C\C=C/C=C(\C(C)=c3/cccc/c3=C/C)C3C=CC=CC23)cc(-c2ccccc2)c1. The average molecular weight is 543 g/mol. The van der Waals surface area contributed by atoms with E-state index >= 15 is 0 Å². The van der Waals surface area contributed by atoms with Crippen molar-refractivity contribution in [2.75, 3.05) is 0 Å². The highest BCUT2D eigenvalue weighted by molar-refractivity contribution is 5.84. The van der Waals surface area contributed by atoms with Crippen molar-refractivity contribution in [3.05, 3.63) is 192 Å². The monoisotopic (exact) mass is 542 g/mol. The molecule has 0 nitrogen and oxygen atoms in total. The molecule has 3 aromatic carbocycles. The molecular weight excluding hydrogens is 504 g/mol. The van der Waals surface area contributed by atoms with Crippen LogP contribution in [0.4, 0.5) is 0 Å². The number of hydrogen-bond donors (Lipinski definition) is 0. The van der Waals surface area contributed by atoms with Crippen LogP contribution >= 0.6 is 0 Å². The Morgan fingerprint density at radius 3 is 2.12 bits per heavy atom. The average Bonchev–Trinajstić information content (AvgIpc) is 3.05. The first kappa shape index (κ1) is 28.6. The van der Waals surface area contributed by atoms with Crippen LogP contribution in [0.15, 0.2) is 171 Å². The molecule has 42 heavy (non-hydrogen) atoms. The van der Waals surface area contributed by atoms with E-state index in [0.717, 1.165) is 11.1 Å². The Hall–Kier alpha value is -4.94. The topological polar surface area (TPSA) is 0 Å². The fraction of sp³-hybridized carbons (Fsp3) is 0.0952. The number of hydrogen-bond acceptors (Lipinski definition) is 0. The van der Waals surface area contributed by atoms with Crippen LogP contribution in [-0.2, 0) is 0 Å². The Kier molecular flexibility index (Phi) is 9.27. The molecule has 0 fully saturated rings. The van der Waals surface area contributed by atoms with Gasteiger partial charge in [-0.05, 0) is 87.0 Å². The van der Waals surface area contributed by atoms with E-state index < -0.39 is 0 Å². The van der Waals surface area contributed by atoms with E-state index in [0.29, 0.717) is 0 Å². The third-order valence-corrected chi connectivity index (χ3v) is 8.07. The van der Waals surface area contributed by atoms with Crippen LogP contribution in [0, 0.1) is 11.8 Å². The van der Waals surface area contributed by atoms with Crippen LogP contribution < -0.4 is 10.4 Å². The Bertz CT molecular complexity index is 1810. The number of allylic oxidation sites excluding steroid dienone is 16. The van der Waals surface area contributed by atoms with Gasteiger partial charge in [-0.2, -0.15) is 0 Å². The zero-order valence-electron chi connectivity index (χ0n) is 24.6. The van der Waals surface area contributed by atoms with Crippen molar-refractivity contribution in [3.63, 3.8) is 0 Å². The minimum atomic E-state index is 0.152. The van der Waals surface area contributed by atoms with Crippen LogP contribution in [-0.4, -0.2) is 0 Å². The maximum atomic E-state index is 4.11. The summed E-state index contributed by atoms with van der Waals surface area (Å²) < 4.78 is 0. The number of rotatable bonds is 6. The highest BCUT2D eigenvalue weighted by atomic mass is 14.3. The fourth-order valence-corrected chi connectivity index (χ4v) is 5.95. The zero-order chi connectivity index (χ0) is 29.3. The van der Waals surface area contributed by atoms with Crippen LogP contribution in [0.25, 0.3) is 33.9 Å². The third-order valence-electron chi connectivity index (χ3n) is 8.07. The van der Waals surface area contributed by atoms with Crippen molar-refractivity contribution in [3.8, 4) is 11.1 Å². The van der Waals surface area contributed by atoms with Gasteiger partial charge in [0, 0.05) is 11.8 Å². The predicted molar refractivity (Wildman–Crippen MR) is 185 cm³/mol. The molecule has 0 saturated carbocycles. The second kappa shape index (κ2) is 13.6. The summed E-state index contributed by atoms with van der Waals surface area (Å²) in [4.78, 5) is 0. The van der Waals surface area contributed by atoms with E-state index in [2.05, 4.69) is 167 Å². The summed E-state index contributed by atoms with van der Waals surface area (Å²) in [5.41, 5.74) is 9.65. The standard InChI is InChI=1S/C42H38/c1-5-19-32(6-2)35-28-36(34-21-11-10-12-22-34)30-37(29-35)40-25-14-9-8-13-24-39(41-26-17-18-27-42(40)41)31(4)38-23-16-15-20-33(38)7-3/h5-30,41-42H,1-2H2,3-4H3/b13-8-,14-9-,32-19+,33-7-,38-31+,39-24+,40-25+. The lowest BCUT2D eigenvalue weighted by molar-refractivity contribution is 0.662. The van der Waals surface area contributed by atoms with E-state index in [9.17, 15) is 0 Å². The van der Waals surface area contributed by atoms with Crippen LogP contribution in [0.5, 0.6) is 0 Å². The van der Waals surface area contributed by atoms with E-state index in [1.165, 1.54) is 43.8 Å². The van der Waals surface area contributed by atoms with Crippen molar-refractivity contribution >= 4 is 22.8 Å². The molecule has 2 aliphatic carbocycles. The molecule has 0 bridgehead atoms. The smallest absolute Gasteiger partial charge is 0.0131 e. The lowest BCUT2D eigenvalue weighted by Gasteiger charge is -2.30. The highest BCUT2D eigenvalue weighted by Gasteiger charge is 2.28. The summed E-state index contributed by atoms with van der Waals surface area (Å²) in [6.07, 6.45) is 30.2. The van der Waals surface area contributed by atoms with Gasteiger partial charge < -0.3 is 0 Å². The van der Waals surface area contributed by atoms with Gasteiger partial charge >= 0.3 is 0 Å². The first-order chi connectivity index (χ1) is 20.6. The molecule has 0 heterocycles. The molecule has 0 N–H and O–H groups in total. The summed E-state index contributed by atoms with van der Waals surface area (Å²) in [6.45, 7) is 12.4. The number of benzene rings is 3. The minimum Gasteiger partial charge on any atom is -0.0990 e. The van der Waals surface area contributed by atoms with Crippen molar-refractivity contribution < 1.29 is 0 Å². The highest BCUT2D eigenvalue weighted by Crippen LogP contribution is 2.41. The lowest BCUT2D eigenvalue weighted by Crippen LogP contribution is -2.28. The van der Waals surface area contributed by atoms with Gasteiger partial charge in [0.2, 0.25) is 0 Å². The molecule has 0 heteroatoms. The molecule has 0 aromatic heterocycles. The van der Waals surface area contributed by atoms with Gasteiger partial charge in [0.05, 0.1) is 0 Å². The van der Waals surface area contributed by atoms with Crippen LogP contribution in [0.3, 0.4) is 0 Å². The van der Waals surface area contributed by atoms with Crippen molar-refractivity contribution in [1.29, 1.82) is 0 Å². The van der Waals surface area contributed by atoms with Crippen LogP contribution in [0.1, 0.15) is 25.0 Å². The molecular formula is C42H38. The Labute approximate surface area is 251 Å². The van der Waals surface area contributed by atoms with Gasteiger partial charge in [0.15, 0.2) is 0 Å². The van der Waals surface area contributed by atoms with Crippen molar-refractivity contribution in [2.24, 2.45) is 11.8 Å². The maximum Gasteiger partial charge on any atom is 0.0131 e. The molecule has 5 rings (SSSR count). The minimum absolute atomic E-state index is 0.152. The van der Waals surface area contributed by atoms with Gasteiger partial charge in [0.1, 0.15) is 0 Å². The van der Waals surface area contributed by atoms with Gasteiger partial charge in [-0.15, -0.1) is 0 Å². The van der Waals surface area contributed by atoms with Crippen molar-refractivity contribution in [2.45, 2.75) is 13.8 Å². The second-order valence-corrected chi connectivity index (χ2v) is 10.6. The summed E-state index contributed by atoms with van der Waals surface area (Å²) in [5.74, 6) is 0.327.